The first-order valence-corrected chi connectivity index (χ1v) is 18.1. The van der Waals surface area contributed by atoms with Crippen LogP contribution in [0.3, 0.4) is 0 Å². The van der Waals surface area contributed by atoms with E-state index in [0.717, 1.165) is 42.0 Å². The standard InChI is InChI=1S/C47H46N4O2/c1-45(2,3)36-26-33(22-24-39-38(30-50)44(35(28-48)29-49)53-47(39,6)7)43(52-37-18-12-9-13-19-37)34(27-36)23-25-42-46(4,5)40-20-14-15-21-41(40)51(42)31-32-16-10-8-11-17-32/h8-25,36H,26-27,31H2,1-7H3/b24-22+,34-23+,42-25-. The van der Waals surface area contributed by atoms with Crippen molar-refractivity contribution in [2.24, 2.45) is 11.3 Å². The molecule has 2 aliphatic heterocycles. The molecule has 0 aromatic heterocycles. The quantitative estimate of drug-likeness (QED) is 0.228. The number of para-hydroxylation sites is 2. The average molecular weight is 699 g/mol. The Kier molecular flexibility index (Phi) is 10.1. The second-order valence-electron chi connectivity index (χ2n) is 16.0. The predicted molar refractivity (Wildman–Crippen MR) is 210 cm³/mol. The normalized spacial score (nSPS) is 20.6. The summed E-state index contributed by atoms with van der Waals surface area (Å²) >= 11 is 0. The van der Waals surface area contributed by atoms with Crippen LogP contribution < -0.4 is 9.64 Å². The molecular weight excluding hydrogens is 653 g/mol. The summed E-state index contributed by atoms with van der Waals surface area (Å²) in [5, 5.41) is 29.4. The minimum atomic E-state index is -0.927. The summed E-state index contributed by atoms with van der Waals surface area (Å²) in [5.74, 6) is 1.84. The number of fused-ring (bicyclic) bond motifs is 1. The summed E-state index contributed by atoms with van der Waals surface area (Å²) in [6.07, 6.45) is 10.1. The topological polar surface area (TPSA) is 93.1 Å². The average Bonchev–Trinajstić information content (AvgIpc) is 3.52. The first kappa shape index (κ1) is 36.8. The highest BCUT2D eigenvalue weighted by Crippen LogP contribution is 2.49. The van der Waals surface area contributed by atoms with E-state index in [0.29, 0.717) is 11.5 Å². The van der Waals surface area contributed by atoms with Gasteiger partial charge in [-0.2, -0.15) is 15.8 Å². The Bertz CT molecular complexity index is 2200. The molecule has 6 rings (SSSR count). The van der Waals surface area contributed by atoms with Crippen molar-refractivity contribution < 1.29 is 9.47 Å². The molecule has 0 amide bonds. The number of allylic oxidation sites excluding steroid dienone is 8. The monoisotopic (exact) mass is 698 g/mol. The summed E-state index contributed by atoms with van der Waals surface area (Å²) in [7, 11) is 0. The number of hydrogen-bond donors (Lipinski definition) is 0. The van der Waals surface area contributed by atoms with E-state index in [1.165, 1.54) is 22.5 Å². The van der Waals surface area contributed by atoms with Crippen LogP contribution in [0.25, 0.3) is 0 Å². The van der Waals surface area contributed by atoms with E-state index >= 15 is 0 Å². The summed E-state index contributed by atoms with van der Waals surface area (Å²) < 4.78 is 12.9. The van der Waals surface area contributed by atoms with E-state index in [-0.39, 0.29) is 27.7 Å². The molecule has 0 saturated heterocycles. The van der Waals surface area contributed by atoms with Crippen LogP contribution >= 0.6 is 0 Å². The van der Waals surface area contributed by atoms with Crippen LogP contribution in [0.15, 0.2) is 154 Å². The molecule has 1 atom stereocenters. The van der Waals surface area contributed by atoms with Gasteiger partial charge in [0, 0.05) is 28.9 Å². The minimum Gasteiger partial charge on any atom is -0.480 e. The van der Waals surface area contributed by atoms with Crippen molar-refractivity contribution in [3.63, 3.8) is 0 Å². The number of ether oxygens (including phenoxy) is 2. The van der Waals surface area contributed by atoms with Crippen LogP contribution in [-0.4, -0.2) is 5.60 Å². The lowest BCUT2D eigenvalue weighted by molar-refractivity contribution is 0.0954. The summed E-state index contributed by atoms with van der Waals surface area (Å²) in [6.45, 7) is 15.9. The van der Waals surface area contributed by atoms with Gasteiger partial charge in [0.25, 0.3) is 0 Å². The molecule has 53 heavy (non-hydrogen) atoms. The summed E-state index contributed by atoms with van der Waals surface area (Å²) in [4.78, 5) is 2.44. The zero-order valence-electron chi connectivity index (χ0n) is 31.7. The van der Waals surface area contributed by atoms with E-state index in [1.54, 1.807) is 0 Å². The third-order valence-corrected chi connectivity index (χ3v) is 10.6. The molecule has 3 aliphatic rings. The summed E-state index contributed by atoms with van der Waals surface area (Å²) in [5.41, 5.74) is 6.46. The molecule has 3 aromatic carbocycles. The molecule has 0 bridgehead atoms. The van der Waals surface area contributed by atoms with Crippen molar-refractivity contribution in [2.75, 3.05) is 4.90 Å². The maximum Gasteiger partial charge on any atom is 0.172 e. The van der Waals surface area contributed by atoms with Gasteiger partial charge in [0.05, 0.1) is 0 Å². The number of rotatable bonds is 7. The van der Waals surface area contributed by atoms with Crippen molar-refractivity contribution in [1.29, 1.82) is 15.8 Å². The molecule has 0 fully saturated rings. The van der Waals surface area contributed by atoms with Crippen LogP contribution in [0, 0.1) is 45.3 Å². The molecule has 6 heteroatoms. The van der Waals surface area contributed by atoms with Gasteiger partial charge in [-0.25, -0.2) is 0 Å². The molecule has 0 radical (unpaired) electrons. The zero-order valence-corrected chi connectivity index (χ0v) is 31.7. The Morgan fingerprint density at radius 1 is 0.849 bits per heavy atom. The second kappa shape index (κ2) is 14.5. The molecule has 2 heterocycles. The maximum absolute atomic E-state index is 10.2. The maximum atomic E-state index is 10.2. The highest BCUT2D eigenvalue weighted by Gasteiger charge is 2.41. The fourth-order valence-electron chi connectivity index (χ4n) is 7.55. The minimum absolute atomic E-state index is 0.0109. The van der Waals surface area contributed by atoms with Gasteiger partial charge in [0.1, 0.15) is 40.9 Å². The van der Waals surface area contributed by atoms with Crippen LogP contribution in [0.2, 0.25) is 0 Å². The summed E-state index contributed by atoms with van der Waals surface area (Å²) in [6, 6.07) is 35.1. The number of benzene rings is 3. The van der Waals surface area contributed by atoms with Crippen LogP contribution in [-0.2, 0) is 16.7 Å². The molecule has 3 aromatic rings. The van der Waals surface area contributed by atoms with Gasteiger partial charge in [-0.3, -0.25) is 0 Å². The van der Waals surface area contributed by atoms with Crippen molar-refractivity contribution in [3.8, 4) is 24.0 Å². The van der Waals surface area contributed by atoms with E-state index in [4.69, 9.17) is 9.47 Å². The lowest BCUT2D eigenvalue weighted by Gasteiger charge is -2.36. The zero-order chi connectivity index (χ0) is 38.0. The highest BCUT2D eigenvalue weighted by molar-refractivity contribution is 5.71. The molecule has 6 nitrogen and oxygen atoms in total. The first-order valence-electron chi connectivity index (χ1n) is 18.1. The molecule has 0 spiro atoms. The van der Waals surface area contributed by atoms with Crippen molar-refractivity contribution >= 4 is 5.69 Å². The molecular formula is C47H46N4O2. The van der Waals surface area contributed by atoms with Gasteiger partial charge in [-0.05, 0) is 84.6 Å². The number of nitriles is 3. The molecule has 266 valence electrons. The molecule has 1 aliphatic carbocycles. The Morgan fingerprint density at radius 3 is 2.13 bits per heavy atom. The highest BCUT2D eigenvalue weighted by atomic mass is 16.5. The number of hydrogen-bond acceptors (Lipinski definition) is 6. The molecule has 0 saturated carbocycles. The van der Waals surface area contributed by atoms with E-state index < -0.39 is 5.60 Å². The largest absolute Gasteiger partial charge is 0.480 e. The van der Waals surface area contributed by atoms with Gasteiger partial charge >= 0.3 is 0 Å². The lowest BCUT2D eigenvalue weighted by Crippen LogP contribution is -2.27. The van der Waals surface area contributed by atoms with Crippen LogP contribution in [0.5, 0.6) is 5.75 Å². The predicted octanol–water partition coefficient (Wildman–Crippen LogP) is 11.1. The fourth-order valence-corrected chi connectivity index (χ4v) is 7.55. The van der Waals surface area contributed by atoms with Gasteiger partial charge in [-0.15, -0.1) is 0 Å². The van der Waals surface area contributed by atoms with Crippen molar-refractivity contribution in [3.05, 3.63) is 165 Å². The van der Waals surface area contributed by atoms with E-state index in [2.05, 4.69) is 112 Å². The molecule has 1 unspecified atom stereocenters. The smallest absolute Gasteiger partial charge is 0.172 e. The fraction of sp³-hybridized carbons (Fsp3) is 0.298. The van der Waals surface area contributed by atoms with Gasteiger partial charge in [0.15, 0.2) is 11.3 Å². The van der Waals surface area contributed by atoms with Crippen LogP contribution in [0.4, 0.5) is 5.69 Å². The third-order valence-electron chi connectivity index (χ3n) is 10.6. The van der Waals surface area contributed by atoms with Gasteiger partial charge in [0.2, 0.25) is 0 Å². The van der Waals surface area contributed by atoms with Crippen molar-refractivity contribution in [2.45, 2.75) is 78.9 Å². The van der Waals surface area contributed by atoms with Crippen molar-refractivity contribution in [1.82, 2.24) is 0 Å². The molecule has 0 N–H and O–H groups in total. The number of anilines is 1. The second-order valence-corrected chi connectivity index (χ2v) is 16.0. The number of nitrogens with zero attached hydrogens (tertiary/aromatic N) is 4. The lowest BCUT2D eigenvalue weighted by atomic mass is 9.70. The van der Waals surface area contributed by atoms with Gasteiger partial charge in [-0.1, -0.05) is 120 Å². The van der Waals surface area contributed by atoms with E-state index in [1.807, 2.05) is 68.5 Å². The SMILES string of the molecule is CC1(C)OC(=C(C#N)C#N)C(C#N)=C1/C=C/C1=C(Oc2ccccc2)C(=C/C=C2\N(Cc3ccccc3)c3ccccc3C2(C)C)/CC(C(C)(C)C)C1. The Balaban J connectivity index is 1.53. The van der Waals surface area contributed by atoms with Gasteiger partial charge < -0.3 is 14.4 Å². The Hall–Kier alpha value is -6.03. The first-order chi connectivity index (χ1) is 25.3. The third kappa shape index (κ3) is 7.35. The Labute approximate surface area is 314 Å². The Morgan fingerprint density at radius 2 is 1.49 bits per heavy atom. The van der Waals surface area contributed by atoms with E-state index in [9.17, 15) is 15.8 Å². The van der Waals surface area contributed by atoms with Crippen LogP contribution in [0.1, 0.15) is 72.4 Å².